The summed E-state index contributed by atoms with van der Waals surface area (Å²) in [7, 11) is -3.51. The maximum Gasteiger partial charge on any atom is 0.303 e. The molecule has 0 saturated carbocycles. The number of hydrogen-bond donors (Lipinski definition) is 2. The zero-order valence-corrected chi connectivity index (χ0v) is 12.0. The molecule has 0 aliphatic rings. The molecule has 0 bridgehead atoms. The fourth-order valence-electron chi connectivity index (χ4n) is 1.63. The minimum atomic E-state index is -3.51. The molecule has 0 aliphatic heterocycles. The third kappa shape index (κ3) is 5.59. The number of hydrogen-bond acceptors (Lipinski definition) is 3. The summed E-state index contributed by atoms with van der Waals surface area (Å²) in [6, 6.07) is 6.51. The first kappa shape index (κ1) is 15.9. The Balaban J connectivity index is 2.63. The van der Waals surface area contributed by atoms with E-state index in [0.29, 0.717) is 10.6 Å². The standard InChI is InChI=1S/C12H16ClNO4S/c1-9(10-5-2-3-6-11(10)13)14-19(17,18)8-4-7-12(15)16/h2-3,5-6,9,14H,4,7-8H2,1H3,(H,15,16)/t9-/m0/s1. The molecule has 0 aliphatic carbocycles. The first-order chi connectivity index (χ1) is 8.82. The first-order valence-corrected chi connectivity index (χ1v) is 7.81. The third-order valence-electron chi connectivity index (χ3n) is 2.53. The van der Waals surface area contributed by atoms with Crippen molar-refractivity contribution in [2.45, 2.75) is 25.8 Å². The molecule has 19 heavy (non-hydrogen) atoms. The summed E-state index contributed by atoms with van der Waals surface area (Å²) in [4.78, 5) is 10.3. The summed E-state index contributed by atoms with van der Waals surface area (Å²) < 4.78 is 26.0. The Morgan fingerprint density at radius 2 is 2.05 bits per heavy atom. The molecule has 0 unspecified atom stereocenters. The second-order valence-corrected chi connectivity index (χ2v) is 6.46. The van der Waals surface area contributed by atoms with Gasteiger partial charge in [-0.15, -0.1) is 0 Å². The molecule has 0 heterocycles. The summed E-state index contributed by atoms with van der Waals surface area (Å²) in [5.74, 6) is -1.22. The largest absolute Gasteiger partial charge is 0.481 e. The smallest absolute Gasteiger partial charge is 0.303 e. The van der Waals surface area contributed by atoms with Gasteiger partial charge in [0.1, 0.15) is 0 Å². The van der Waals surface area contributed by atoms with Gasteiger partial charge in [-0.05, 0) is 25.0 Å². The molecule has 0 amide bonds. The van der Waals surface area contributed by atoms with Gasteiger partial charge in [0.25, 0.3) is 0 Å². The van der Waals surface area contributed by atoms with Crippen LogP contribution in [-0.4, -0.2) is 25.2 Å². The van der Waals surface area contributed by atoms with E-state index < -0.39 is 22.0 Å². The van der Waals surface area contributed by atoms with Crippen LogP contribution in [0.3, 0.4) is 0 Å². The van der Waals surface area contributed by atoms with Crippen LogP contribution in [0.5, 0.6) is 0 Å². The molecule has 1 atom stereocenters. The van der Waals surface area contributed by atoms with E-state index in [1.807, 2.05) is 0 Å². The van der Waals surface area contributed by atoms with Crippen molar-refractivity contribution in [2.24, 2.45) is 0 Å². The number of sulfonamides is 1. The highest BCUT2D eigenvalue weighted by Gasteiger charge is 2.17. The highest BCUT2D eigenvalue weighted by atomic mass is 35.5. The van der Waals surface area contributed by atoms with Gasteiger partial charge in [-0.25, -0.2) is 13.1 Å². The van der Waals surface area contributed by atoms with Gasteiger partial charge in [0, 0.05) is 17.5 Å². The van der Waals surface area contributed by atoms with Crippen molar-refractivity contribution in [3.05, 3.63) is 34.9 Å². The normalized spacial score (nSPS) is 13.2. The van der Waals surface area contributed by atoms with Gasteiger partial charge in [0.2, 0.25) is 10.0 Å². The van der Waals surface area contributed by atoms with Crippen LogP contribution in [-0.2, 0) is 14.8 Å². The number of carboxylic acids is 1. The van der Waals surface area contributed by atoms with Crippen LogP contribution in [0.25, 0.3) is 0 Å². The zero-order chi connectivity index (χ0) is 14.5. The second-order valence-electron chi connectivity index (χ2n) is 4.18. The maximum atomic E-state index is 11.8. The minimum absolute atomic E-state index is 0.0832. The number of benzene rings is 1. The summed E-state index contributed by atoms with van der Waals surface area (Å²) in [5, 5.41) is 8.96. The van der Waals surface area contributed by atoms with Crippen LogP contribution in [0.2, 0.25) is 5.02 Å². The molecule has 0 radical (unpaired) electrons. The average molecular weight is 306 g/mol. The Hall–Kier alpha value is -1.11. The zero-order valence-electron chi connectivity index (χ0n) is 10.5. The molecule has 1 rings (SSSR count). The van der Waals surface area contributed by atoms with Gasteiger partial charge in [-0.3, -0.25) is 4.79 Å². The Labute approximate surface area is 117 Å². The fourth-order valence-corrected chi connectivity index (χ4v) is 3.24. The van der Waals surface area contributed by atoms with E-state index in [1.165, 1.54) is 0 Å². The van der Waals surface area contributed by atoms with E-state index in [0.717, 1.165) is 0 Å². The van der Waals surface area contributed by atoms with E-state index in [-0.39, 0.29) is 18.6 Å². The van der Waals surface area contributed by atoms with Crippen LogP contribution >= 0.6 is 11.6 Å². The van der Waals surface area contributed by atoms with Crippen molar-refractivity contribution < 1.29 is 18.3 Å². The van der Waals surface area contributed by atoms with Crippen molar-refractivity contribution in [1.29, 1.82) is 0 Å². The topological polar surface area (TPSA) is 83.5 Å². The number of rotatable bonds is 7. The van der Waals surface area contributed by atoms with E-state index >= 15 is 0 Å². The molecule has 1 aromatic rings. The second kappa shape index (κ2) is 6.88. The van der Waals surface area contributed by atoms with E-state index in [2.05, 4.69) is 4.72 Å². The van der Waals surface area contributed by atoms with Crippen LogP contribution in [0.1, 0.15) is 31.4 Å². The summed E-state index contributed by atoms with van der Waals surface area (Å²) >= 11 is 5.98. The van der Waals surface area contributed by atoms with Crippen LogP contribution < -0.4 is 4.72 Å². The van der Waals surface area contributed by atoms with Gasteiger partial charge >= 0.3 is 5.97 Å². The quantitative estimate of drug-likeness (QED) is 0.809. The number of aliphatic carboxylic acids is 1. The lowest BCUT2D eigenvalue weighted by Gasteiger charge is -2.15. The van der Waals surface area contributed by atoms with Crippen LogP contribution in [0.4, 0.5) is 0 Å². The predicted octanol–water partition coefficient (Wildman–Crippen LogP) is 2.19. The van der Waals surface area contributed by atoms with Crippen molar-refractivity contribution >= 4 is 27.6 Å². The minimum Gasteiger partial charge on any atom is -0.481 e. The molecule has 2 N–H and O–H groups in total. The Kier molecular flexibility index (Phi) is 5.78. The van der Waals surface area contributed by atoms with Crippen LogP contribution in [0.15, 0.2) is 24.3 Å². The molecular formula is C12H16ClNO4S. The SMILES string of the molecule is C[C@H](NS(=O)(=O)CCCC(=O)O)c1ccccc1Cl. The summed E-state index contributed by atoms with van der Waals surface area (Å²) in [6.07, 6.45) is -0.0821. The fraction of sp³-hybridized carbons (Fsp3) is 0.417. The number of nitrogens with one attached hydrogen (secondary N) is 1. The number of carbonyl (C=O) groups is 1. The number of carboxylic acid groups (broad SMARTS) is 1. The highest BCUT2D eigenvalue weighted by molar-refractivity contribution is 7.89. The van der Waals surface area contributed by atoms with Crippen LogP contribution in [0, 0.1) is 0 Å². The molecule has 1 aromatic carbocycles. The molecule has 0 aromatic heterocycles. The van der Waals surface area contributed by atoms with Gasteiger partial charge in [0.15, 0.2) is 0 Å². The van der Waals surface area contributed by atoms with E-state index in [9.17, 15) is 13.2 Å². The lowest BCUT2D eigenvalue weighted by Crippen LogP contribution is -2.29. The van der Waals surface area contributed by atoms with Gasteiger partial charge < -0.3 is 5.11 Å². The molecule has 0 spiro atoms. The highest BCUT2D eigenvalue weighted by Crippen LogP contribution is 2.22. The van der Waals surface area contributed by atoms with E-state index in [4.69, 9.17) is 16.7 Å². The molecule has 106 valence electrons. The predicted molar refractivity (Wildman–Crippen MR) is 73.7 cm³/mol. The molecule has 7 heteroatoms. The number of halogens is 1. The molecular weight excluding hydrogens is 290 g/mol. The lowest BCUT2D eigenvalue weighted by molar-refractivity contribution is -0.137. The molecule has 5 nitrogen and oxygen atoms in total. The Morgan fingerprint density at radius 1 is 1.42 bits per heavy atom. The van der Waals surface area contributed by atoms with Gasteiger partial charge in [0.05, 0.1) is 5.75 Å². The Bertz CT molecular complexity index is 544. The van der Waals surface area contributed by atoms with E-state index in [1.54, 1.807) is 31.2 Å². The maximum absolute atomic E-state index is 11.8. The summed E-state index contributed by atoms with van der Waals surface area (Å²) in [6.45, 7) is 1.69. The van der Waals surface area contributed by atoms with Crippen molar-refractivity contribution in [1.82, 2.24) is 4.72 Å². The summed E-state index contributed by atoms with van der Waals surface area (Å²) in [5.41, 5.74) is 0.686. The van der Waals surface area contributed by atoms with Gasteiger partial charge in [-0.2, -0.15) is 0 Å². The lowest BCUT2D eigenvalue weighted by atomic mass is 10.1. The molecule has 0 fully saturated rings. The van der Waals surface area contributed by atoms with Crippen molar-refractivity contribution in [2.75, 3.05) is 5.75 Å². The third-order valence-corrected chi connectivity index (χ3v) is 4.41. The Morgan fingerprint density at radius 3 is 2.63 bits per heavy atom. The van der Waals surface area contributed by atoms with Crippen molar-refractivity contribution in [3.8, 4) is 0 Å². The first-order valence-electron chi connectivity index (χ1n) is 5.78. The molecule has 0 saturated heterocycles. The average Bonchev–Trinajstić information content (AvgIpc) is 2.27. The van der Waals surface area contributed by atoms with Gasteiger partial charge in [-0.1, -0.05) is 29.8 Å². The van der Waals surface area contributed by atoms with Crippen molar-refractivity contribution in [3.63, 3.8) is 0 Å². The monoisotopic (exact) mass is 305 g/mol.